The lowest BCUT2D eigenvalue weighted by Crippen LogP contribution is -2.24. The quantitative estimate of drug-likeness (QED) is 0.793. The molecule has 0 atom stereocenters. The van der Waals surface area contributed by atoms with Crippen molar-refractivity contribution in [1.82, 2.24) is 19.7 Å². The molecule has 0 aliphatic carbocycles. The molecule has 0 bridgehead atoms. The number of fused-ring (bicyclic) bond motifs is 1. The first-order valence-corrected chi connectivity index (χ1v) is 8.61. The van der Waals surface area contributed by atoms with Crippen LogP contribution < -0.4 is 10.2 Å². The Morgan fingerprint density at radius 1 is 1.12 bits per heavy atom. The van der Waals surface area contributed by atoms with Gasteiger partial charge < -0.3 is 10.2 Å². The van der Waals surface area contributed by atoms with E-state index in [4.69, 9.17) is 4.98 Å². The summed E-state index contributed by atoms with van der Waals surface area (Å²) in [5, 5.41) is 7.10. The maximum Gasteiger partial charge on any atom is 0.275 e. The summed E-state index contributed by atoms with van der Waals surface area (Å²) in [6, 6.07) is 9.43. The second-order valence-electron chi connectivity index (χ2n) is 6.07. The van der Waals surface area contributed by atoms with E-state index in [9.17, 15) is 4.79 Å². The molecule has 0 spiro atoms. The first-order valence-electron chi connectivity index (χ1n) is 8.61. The minimum Gasteiger partial charge on any atom is -0.354 e. The van der Waals surface area contributed by atoms with Gasteiger partial charge in [-0.2, -0.15) is 5.10 Å². The van der Waals surface area contributed by atoms with Crippen LogP contribution in [0.4, 0.5) is 11.6 Å². The maximum atomic E-state index is 12.7. The second-order valence-corrected chi connectivity index (χ2v) is 6.07. The summed E-state index contributed by atoms with van der Waals surface area (Å²) in [6.45, 7) is 4.46. The van der Waals surface area contributed by atoms with Gasteiger partial charge in [-0.1, -0.05) is 12.1 Å². The van der Waals surface area contributed by atoms with Crippen molar-refractivity contribution in [2.45, 2.75) is 26.3 Å². The number of rotatable bonds is 4. The fourth-order valence-electron chi connectivity index (χ4n) is 3.17. The van der Waals surface area contributed by atoms with Gasteiger partial charge in [0.25, 0.3) is 5.91 Å². The van der Waals surface area contributed by atoms with Gasteiger partial charge in [0.15, 0.2) is 11.6 Å². The van der Waals surface area contributed by atoms with Gasteiger partial charge in [-0.3, -0.25) is 9.48 Å². The normalized spacial score (nSPS) is 14.2. The number of carbonyl (C=O) groups is 1. The molecular weight excluding hydrogens is 316 g/mol. The SMILES string of the molecule is CCn1nccc1C(=O)Nc1nc2ccccc2nc1N1CCCC1. The maximum absolute atomic E-state index is 12.7. The molecule has 1 aliphatic heterocycles. The van der Waals surface area contributed by atoms with Crippen LogP contribution >= 0.6 is 0 Å². The Kier molecular flexibility index (Phi) is 4.05. The molecule has 25 heavy (non-hydrogen) atoms. The molecular formula is C18H20N6O. The van der Waals surface area contributed by atoms with E-state index in [-0.39, 0.29) is 5.91 Å². The number of aromatic nitrogens is 4. The molecule has 1 aliphatic rings. The highest BCUT2D eigenvalue weighted by atomic mass is 16.2. The predicted octanol–water partition coefficient (Wildman–Crippen LogP) is 2.70. The summed E-state index contributed by atoms with van der Waals surface area (Å²) in [4.78, 5) is 24.3. The largest absolute Gasteiger partial charge is 0.354 e. The molecule has 1 aromatic carbocycles. The smallest absolute Gasteiger partial charge is 0.275 e. The van der Waals surface area contributed by atoms with Gasteiger partial charge >= 0.3 is 0 Å². The highest BCUT2D eigenvalue weighted by Crippen LogP contribution is 2.28. The molecule has 7 nitrogen and oxygen atoms in total. The molecule has 7 heteroatoms. The second kappa shape index (κ2) is 6.51. The lowest BCUT2D eigenvalue weighted by atomic mass is 10.3. The van der Waals surface area contributed by atoms with Crippen molar-refractivity contribution in [2.75, 3.05) is 23.3 Å². The average molecular weight is 336 g/mol. The van der Waals surface area contributed by atoms with E-state index >= 15 is 0 Å². The van der Waals surface area contributed by atoms with Gasteiger partial charge in [-0.25, -0.2) is 9.97 Å². The lowest BCUT2D eigenvalue weighted by molar-refractivity contribution is 0.101. The number of nitrogens with zero attached hydrogens (tertiary/aromatic N) is 5. The highest BCUT2D eigenvalue weighted by Gasteiger charge is 2.22. The van der Waals surface area contributed by atoms with Crippen molar-refractivity contribution < 1.29 is 4.79 Å². The Bertz CT molecular complexity index is 913. The zero-order valence-electron chi connectivity index (χ0n) is 14.1. The third-order valence-corrected chi connectivity index (χ3v) is 4.44. The number of anilines is 2. The number of amides is 1. The number of para-hydroxylation sites is 2. The van der Waals surface area contributed by atoms with E-state index in [2.05, 4.69) is 20.3 Å². The number of hydrogen-bond donors (Lipinski definition) is 1. The Labute approximate surface area is 145 Å². The van der Waals surface area contributed by atoms with Gasteiger partial charge in [0, 0.05) is 25.8 Å². The molecule has 0 unspecified atom stereocenters. The molecule has 1 fully saturated rings. The molecule has 1 N–H and O–H groups in total. The van der Waals surface area contributed by atoms with E-state index in [1.807, 2.05) is 31.2 Å². The number of nitrogens with one attached hydrogen (secondary N) is 1. The Morgan fingerprint density at radius 2 is 1.84 bits per heavy atom. The van der Waals surface area contributed by atoms with Gasteiger partial charge in [0.1, 0.15) is 5.69 Å². The molecule has 3 heterocycles. The number of aryl methyl sites for hydroxylation is 1. The molecule has 128 valence electrons. The first kappa shape index (κ1) is 15.6. The number of carbonyl (C=O) groups excluding carboxylic acids is 1. The van der Waals surface area contributed by atoms with Crippen LogP contribution in [0.2, 0.25) is 0 Å². The highest BCUT2D eigenvalue weighted by molar-refractivity contribution is 6.04. The predicted molar refractivity (Wildman–Crippen MR) is 96.8 cm³/mol. The van der Waals surface area contributed by atoms with Gasteiger partial charge in [0.2, 0.25) is 0 Å². The third-order valence-electron chi connectivity index (χ3n) is 4.44. The third kappa shape index (κ3) is 2.93. The standard InChI is InChI=1S/C18H20N6O/c1-2-24-15(9-10-19-24)18(25)22-16-17(23-11-5-6-12-23)21-14-8-4-3-7-13(14)20-16/h3-4,7-10H,2,5-6,11-12H2,1H3,(H,20,22,25). The molecule has 2 aromatic heterocycles. The summed E-state index contributed by atoms with van der Waals surface area (Å²) in [5.41, 5.74) is 2.12. The number of benzene rings is 1. The van der Waals surface area contributed by atoms with Crippen molar-refractivity contribution in [3.63, 3.8) is 0 Å². The van der Waals surface area contributed by atoms with Crippen LogP contribution in [-0.2, 0) is 6.54 Å². The zero-order valence-corrected chi connectivity index (χ0v) is 14.1. The number of hydrogen-bond acceptors (Lipinski definition) is 5. The van der Waals surface area contributed by atoms with E-state index < -0.39 is 0 Å². The first-order chi connectivity index (χ1) is 12.3. The van der Waals surface area contributed by atoms with Crippen molar-refractivity contribution in [3.8, 4) is 0 Å². The molecule has 1 amide bonds. The lowest BCUT2D eigenvalue weighted by Gasteiger charge is -2.20. The summed E-state index contributed by atoms with van der Waals surface area (Å²) in [5.74, 6) is 1.03. The van der Waals surface area contributed by atoms with E-state index in [1.165, 1.54) is 0 Å². The van der Waals surface area contributed by atoms with Crippen LogP contribution in [-0.4, -0.2) is 38.7 Å². The van der Waals surface area contributed by atoms with Crippen LogP contribution in [0.5, 0.6) is 0 Å². The van der Waals surface area contributed by atoms with E-state index in [0.29, 0.717) is 18.1 Å². The zero-order chi connectivity index (χ0) is 17.2. The molecule has 1 saturated heterocycles. The topological polar surface area (TPSA) is 75.9 Å². The van der Waals surface area contributed by atoms with Crippen molar-refractivity contribution in [3.05, 3.63) is 42.2 Å². The fourth-order valence-corrected chi connectivity index (χ4v) is 3.17. The van der Waals surface area contributed by atoms with Gasteiger partial charge in [-0.05, 0) is 38.0 Å². The van der Waals surface area contributed by atoms with Crippen LogP contribution in [0, 0.1) is 0 Å². The fraction of sp³-hybridized carbons (Fsp3) is 0.333. The van der Waals surface area contributed by atoms with Crippen LogP contribution in [0.1, 0.15) is 30.3 Å². The van der Waals surface area contributed by atoms with Crippen LogP contribution in [0.15, 0.2) is 36.5 Å². The minimum atomic E-state index is -0.218. The minimum absolute atomic E-state index is 0.218. The molecule has 3 aromatic rings. The Balaban J connectivity index is 1.74. The van der Waals surface area contributed by atoms with Crippen molar-refractivity contribution in [2.24, 2.45) is 0 Å². The van der Waals surface area contributed by atoms with Crippen molar-refractivity contribution >= 4 is 28.6 Å². The van der Waals surface area contributed by atoms with E-state index in [0.717, 1.165) is 42.8 Å². The summed E-state index contributed by atoms with van der Waals surface area (Å²) in [6.07, 6.45) is 3.89. The molecule has 4 rings (SSSR count). The van der Waals surface area contributed by atoms with E-state index in [1.54, 1.807) is 16.9 Å². The van der Waals surface area contributed by atoms with Crippen LogP contribution in [0.3, 0.4) is 0 Å². The van der Waals surface area contributed by atoms with Crippen molar-refractivity contribution in [1.29, 1.82) is 0 Å². The molecule has 0 saturated carbocycles. The average Bonchev–Trinajstić information content (AvgIpc) is 3.32. The summed E-state index contributed by atoms with van der Waals surface area (Å²) in [7, 11) is 0. The van der Waals surface area contributed by atoms with Crippen LogP contribution in [0.25, 0.3) is 11.0 Å². The molecule has 0 radical (unpaired) electrons. The Morgan fingerprint density at radius 3 is 2.56 bits per heavy atom. The van der Waals surface area contributed by atoms with Gasteiger partial charge in [-0.15, -0.1) is 0 Å². The monoisotopic (exact) mass is 336 g/mol. The van der Waals surface area contributed by atoms with Gasteiger partial charge in [0.05, 0.1) is 11.0 Å². The Hall–Kier alpha value is -2.96. The summed E-state index contributed by atoms with van der Waals surface area (Å²) < 4.78 is 1.67. The summed E-state index contributed by atoms with van der Waals surface area (Å²) >= 11 is 0.